The molecule has 84 valence electrons. The first-order valence-electron chi connectivity index (χ1n) is 5.69. The summed E-state index contributed by atoms with van der Waals surface area (Å²) in [4.78, 5) is 0. The molecule has 0 fully saturated rings. The third-order valence-electron chi connectivity index (χ3n) is 2.24. The second-order valence-corrected chi connectivity index (χ2v) is 5.48. The van der Waals surface area contributed by atoms with E-state index in [1.165, 1.54) is 51.4 Å². The van der Waals surface area contributed by atoms with Crippen molar-refractivity contribution < 1.29 is 0 Å². The first kappa shape index (κ1) is 14.2. The number of hydrogen-bond acceptors (Lipinski definition) is 2. The molecule has 0 heterocycles. The zero-order chi connectivity index (χ0) is 10.6. The zero-order valence-corrected chi connectivity index (χ0v) is 10.9. The van der Waals surface area contributed by atoms with Gasteiger partial charge in [-0.3, -0.25) is 0 Å². The van der Waals surface area contributed by atoms with Crippen LogP contribution in [0.3, 0.4) is 0 Å². The lowest BCUT2D eigenvalue weighted by atomic mass is 10.1. The molecule has 14 heavy (non-hydrogen) atoms. The van der Waals surface area contributed by atoms with Gasteiger partial charge in [0.15, 0.2) is 0 Å². The maximum atomic E-state index is 5.38. The maximum Gasteiger partial charge on any atom is 0.131 e. The lowest BCUT2D eigenvalue weighted by molar-refractivity contribution is 0.586. The van der Waals surface area contributed by atoms with Gasteiger partial charge in [-0.1, -0.05) is 75.8 Å². The fourth-order valence-electron chi connectivity index (χ4n) is 1.41. The van der Waals surface area contributed by atoms with Gasteiger partial charge in [-0.25, -0.2) is 0 Å². The van der Waals surface area contributed by atoms with Crippen LogP contribution < -0.4 is 5.73 Å². The molecule has 0 saturated heterocycles. The molecule has 0 aromatic carbocycles. The molecule has 0 aromatic rings. The van der Waals surface area contributed by atoms with Crippen molar-refractivity contribution in [3.63, 3.8) is 0 Å². The molecule has 2 N–H and O–H groups in total. The predicted molar refractivity (Wildman–Crippen MR) is 71.9 cm³/mol. The van der Waals surface area contributed by atoms with E-state index in [2.05, 4.69) is 6.92 Å². The summed E-state index contributed by atoms with van der Waals surface area (Å²) in [5.41, 5.74) is 5.38. The Labute approximate surface area is 98.2 Å². The van der Waals surface area contributed by atoms with Crippen molar-refractivity contribution in [2.24, 2.45) is 5.73 Å². The van der Waals surface area contributed by atoms with E-state index in [1.54, 1.807) is 11.8 Å². The number of rotatable bonds is 9. The fourth-order valence-corrected chi connectivity index (χ4v) is 2.21. The number of thioether (sulfide) groups is 1. The summed E-state index contributed by atoms with van der Waals surface area (Å²) in [5.74, 6) is 1.10. The Morgan fingerprint density at radius 2 is 1.50 bits per heavy atom. The van der Waals surface area contributed by atoms with E-state index in [4.69, 9.17) is 18.0 Å². The molecule has 0 bridgehead atoms. The average molecular weight is 233 g/mol. The van der Waals surface area contributed by atoms with Crippen LogP contribution in [-0.2, 0) is 0 Å². The first-order chi connectivity index (χ1) is 6.77. The molecule has 1 nitrogen and oxygen atoms in total. The molecular formula is C11H23NS2. The average Bonchev–Trinajstić information content (AvgIpc) is 2.15. The maximum absolute atomic E-state index is 5.38. The second-order valence-electron chi connectivity index (χ2n) is 3.64. The standard InChI is InChI=1S/C11H23NS2/c1-2-3-4-5-6-7-8-9-10-14-11(12)13/h2-10H2,1H3,(H2,12,13). The Bertz CT molecular complexity index is 137. The smallest absolute Gasteiger partial charge is 0.131 e. The van der Waals surface area contributed by atoms with Crippen molar-refractivity contribution in [1.82, 2.24) is 0 Å². The SMILES string of the molecule is CCCCCCCCCCSC(N)=S. The monoisotopic (exact) mass is 233 g/mol. The lowest BCUT2D eigenvalue weighted by Crippen LogP contribution is -2.02. The largest absolute Gasteiger partial charge is 0.385 e. The molecule has 0 radical (unpaired) electrons. The molecule has 0 rings (SSSR count). The minimum atomic E-state index is 0.591. The van der Waals surface area contributed by atoms with Crippen LogP contribution in [0.1, 0.15) is 58.3 Å². The molecule has 3 heteroatoms. The van der Waals surface area contributed by atoms with Gasteiger partial charge in [-0.05, 0) is 6.42 Å². The minimum Gasteiger partial charge on any atom is -0.385 e. The minimum absolute atomic E-state index is 0.591. The van der Waals surface area contributed by atoms with Gasteiger partial charge in [0.05, 0.1) is 0 Å². The van der Waals surface area contributed by atoms with Crippen LogP contribution in [0.5, 0.6) is 0 Å². The van der Waals surface area contributed by atoms with Crippen LogP contribution in [0.4, 0.5) is 0 Å². The van der Waals surface area contributed by atoms with Gasteiger partial charge in [-0.15, -0.1) is 0 Å². The molecule has 0 amide bonds. The number of nitrogens with two attached hydrogens (primary N) is 1. The van der Waals surface area contributed by atoms with E-state index in [-0.39, 0.29) is 0 Å². The van der Waals surface area contributed by atoms with E-state index in [9.17, 15) is 0 Å². The Morgan fingerprint density at radius 1 is 1.00 bits per heavy atom. The van der Waals surface area contributed by atoms with Crippen LogP contribution >= 0.6 is 24.0 Å². The van der Waals surface area contributed by atoms with Crippen LogP contribution in [0.25, 0.3) is 0 Å². The van der Waals surface area contributed by atoms with E-state index in [0.29, 0.717) is 4.32 Å². The number of unbranched alkanes of at least 4 members (excludes halogenated alkanes) is 7. The second kappa shape index (κ2) is 11.3. The van der Waals surface area contributed by atoms with Crippen LogP contribution in [-0.4, -0.2) is 10.1 Å². The molecule has 0 saturated carbocycles. The summed E-state index contributed by atoms with van der Waals surface area (Å²) < 4.78 is 0.591. The quantitative estimate of drug-likeness (QED) is 0.479. The molecule has 0 aliphatic rings. The molecule has 0 unspecified atom stereocenters. The third-order valence-corrected chi connectivity index (χ3v) is 3.37. The van der Waals surface area contributed by atoms with Crippen molar-refractivity contribution in [3.8, 4) is 0 Å². The highest BCUT2D eigenvalue weighted by molar-refractivity contribution is 8.22. The normalized spacial score (nSPS) is 10.4. The topological polar surface area (TPSA) is 26.0 Å². The van der Waals surface area contributed by atoms with Crippen molar-refractivity contribution in [1.29, 1.82) is 0 Å². The molecule has 0 aliphatic heterocycles. The van der Waals surface area contributed by atoms with Crippen molar-refractivity contribution in [2.45, 2.75) is 58.3 Å². The highest BCUT2D eigenvalue weighted by Gasteiger charge is 1.93. The van der Waals surface area contributed by atoms with Crippen molar-refractivity contribution >= 4 is 28.3 Å². The Hall–Kier alpha value is 0.240. The predicted octanol–water partition coefficient (Wildman–Crippen LogP) is 4.10. The summed E-state index contributed by atoms with van der Waals surface area (Å²) >= 11 is 6.40. The van der Waals surface area contributed by atoms with E-state index in [0.717, 1.165) is 5.75 Å². The third kappa shape index (κ3) is 12.2. The Kier molecular flexibility index (Phi) is 11.5. The molecular weight excluding hydrogens is 210 g/mol. The van der Waals surface area contributed by atoms with Crippen LogP contribution in [0.2, 0.25) is 0 Å². The Balaban J connectivity index is 2.88. The molecule has 0 aromatic heterocycles. The highest BCUT2D eigenvalue weighted by Crippen LogP contribution is 2.10. The van der Waals surface area contributed by atoms with Gasteiger partial charge in [0.1, 0.15) is 4.32 Å². The van der Waals surface area contributed by atoms with Crippen molar-refractivity contribution in [3.05, 3.63) is 0 Å². The number of thiocarbonyl (C=S) groups is 1. The first-order valence-corrected chi connectivity index (χ1v) is 7.09. The van der Waals surface area contributed by atoms with Gasteiger partial charge >= 0.3 is 0 Å². The van der Waals surface area contributed by atoms with Gasteiger partial charge in [-0.2, -0.15) is 0 Å². The van der Waals surface area contributed by atoms with Gasteiger partial charge in [0.2, 0.25) is 0 Å². The van der Waals surface area contributed by atoms with E-state index < -0.39 is 0 Å². The van der Waals surface area contributed by atoms with Crippen LogP contribution in [0, 0.1) is 0 Å². The summed E-state index contributed by atoms with van der Waals surface area (Å²) in [7, 11) is 0. The summed E-state index contributed by atoms with van der Waals surface area (Å²) in [6.07, 6.45) is 10.9. The van der Waals surface area contributed by atoms with Gasteiger partial charge < -0.3 is 5.73 Å². The lowest BCUT2D eigenvalue weighted by Gasteiger charge is -2.01. The van der Waals surface area contributed by atoms with Crippen molar-refractivity contribution in [2.75, 3.05) is 5.75 Å². The Morgan fingerprint density at radius 3 is 2.00 bits per heavy atom. The summed E-state index contributed by atoms with van der Waals surface area (Å²) in [5, 5.41) is 0. The van der Waals surface area contributed by atoms with Gasteiger partial charge in [0, 0.05) is 5.75 Å². The zero-order valence-electron chi connectivity index (χ0n) is 9.26. The summed E-state index contributed by atoms with van der Waals surface area (Å²) in [6, 6.07) is 0. The highest BCUT2D eigenvalue weighted by atomic mass is 32.2. The van der Waals surface area contributed by atoms with Gasteiger partial charge in [0.25, 0.3) is 0 Å². The van der Waals surface area contributed by atoms with E-state index in [1.807, 2.05) is 0 Å². The summed E-state index contributed by atoms with van der Waals surface area (Å²) in [6.45, 7) is 2.26. The van der Waals surface area contributed by atoms with E-state index >= 15 is 0 Å². The van der Waals surface area contributed by atoms with Crippen LogP contribution in [0.15, 0.2) is 0 Å². The number of hydrogen-bond donors (Lipinski definition) is 1. The molecule has 0 spiro atoms. The molecule has 0 aliphatic carbocycles. The fraction of sp³-hybridized carbons (Fsp3) is 0.909. The molecule has 0 atom stereocenters.